The zero-order chi connectivity index (χ0) is 24.9. The van der Waals surface area contributed by atoms with Crippen LogP contribution in [0.5, 0.6) is 0 Å². The molecule has 0 saturated carbocycles. The van der Waals surface area contributed by atoms with Crippen LogP contribution in [0.15, 0.2) is 30.5 Å². The van der Waals surface area contributed by atoms with Gasteiger partial charge in [-0.05, 0) is 24.1 Å². The second-order valence-electron chi connectivity index (χ2n) is 9.16. The van der Waals surface area contributed by atoms with Crippen LogP contribution in [0.4, 0.5) is 16.3 Å². The molecule has 0 atom stereocenters. The Morgan fingerprint density at radius 2 is 1.66 bits per heavy atom. The fourth-order valence-corrected chi connectivity index (χ4v) is 4.60. The number of rotatable bonds is 6. The van der Waals surface area contributed by atoms with Crippen molar-refractivity contribution in [2.24, 2.45) is 0 Å². The summed E-state index contributed by atoms with van der Waals surface area (Å²) in [4.78, 5) is 43.5. The number of carbonyl (C=O) groups excluding carboxylic acids is 2. The number of benzene rings is 1. The average Bonchev–Trinajstić information content (AvgIpc) is 3.28. The van der Waals surface area contributed by atoms with Crippen molar-refractivity contribution >= 4 is 29.4 Å². The van der Waals surface area contributed by atoms with Gasteiger partial charge >= 0.3 is 12.0 Å². The molecule has 0 radical (unpaired) electrons. The number of hydrogen-bond donors (Lipinski definition) is 2. The molecule has 0 spiro atoms. The standard InChI is InChI=1S/C24H33N7O4/c1-18-3-4-20(21(15-18)29-11-7-28(8-12-29)17-23(33)34)16-27-9-13-30(14-10-27)24(35)31-6-5-22(26-31)25-19(2)32/h3-6,15H,7-14,16-17H2,1-2H3,(H,33,34)(H,25,26,32). The minimum atomic E-state index is -0.784. The van der Waals surface area contributed by atoms with Gasteiger partial charge in [0.15, 0.2) is 5.82 Å². The Bertz CT molecular complexity index is 1070. The third-order valence-electron chi connectivity index (χ3n) is 6.44. The van der Waals surface area contributed by atoms with E-state index in [-0.39, 0.29) is 18.5 Å². The molecular weight excluding hydrogens is 450 g/mol. The van der Waals surface area contributed by atoms with Crippen LogP contribution in [-0.2, 0) is 16.1 Å². The van der Waals surface area contributed by atoms with Gasteiger partial charge in [-0.15, -0.1) is 5.10 Å². The smallest absolute Gasteiger partial charge is 0.344 e. The molecule has 1 aromatic heterocycles. The fourth-order valence-electron chi connectivity index (χ4n) is 4.60. The Labute approximate surface area is 204 Å². The molecule has 2 N–H and O–H groups in total. The van der Waals surface area contributed by atoms with E-state index in [2.05, 4.69) is 45.3 Å². The van der Waals surface area contributed by atoms with Crippen LogP contribution in [-0.4, -0.2) is 106 Å². The number of aromatic nitrogens is 2. The molecular formula is C24H33N7O4. The molecule has 2 fully saturated rings. The lowest BCUT2D eigenvalue weighted by molar-refractivity contribution is -0.138. The molecule has 0 unspecified atom stereocenters. The SMILES string of the molecule is CC(=O)Nc1ccn(C(=O)N2CCN(Cc3ccc(C)cc3N3CCN(CC(=O)O)CC3)CC2)n1. The Kier molecular flexibility index (Phi) is 7.67. The molecule has 2 aromatic rings. The molecule has 11 nitrogen and oxygen atoms in total. The number of nitrogens with zero attached hydrogens (tertiary/aromatic N) is 6. The van der Waals surface area contributed by atoms with E-state index >= 15 is 0 Å². The molecule has 1 aromatic carbocycles. The molecule has 0 aliphatic carbocycles. The first-order valence-corrected chi connectivity index (χ1v) is 11.9. The van der Waals surface area contributed by atoms with E-state index in [1.165, 1.54) is 28.4 Å². The maximum Gasteiger partial charge on any atom is 0.344 e. The van der Waals surface area contributed by atoms with Gasteiger partial charge in [0, 0.05) is 83.8 Å². The number of carbonyl (C=O) groups is 3. The molecule has 2 aliphatic rings. The number of anilines is 2. The van der Waals surface area contributed by atoms with E-state index in [1.54, 1.807) is 17.2 Å². The van der Waals surface area contributed by atoms with E-state index in [9.17, 15) is 14.4 Å². The zero-order valence-corrected chi connectivity index (χ0v) is 20.3. The average molecular weight is 484 g/mol. The highest BCUT2D eigenvalue weighted by molar-refractivity contribution is 5.88. The second kappa shape index (κ2) is 10.9. The first-order chi connectivity index (χ1) is 16.8. The van der Waals surface area contributed by atoms with Gasteiger partial charge in [-0.25, -0.2) is 4.79 Å². The van der Waals surface area contributed by atoms with Gasteiger partial charge in [0.2, 0.25) is 5.91 Å². The van der Waals surface area contributed by atoms with Crippen molar-refractivity contribution in [2.75, 3.05) is 69.1 Å². The topological polar surface area (TPSA) is 114 Å². The summed E-state index contributed by atoms with van der Waals surface area (Å²) in [5.41, 5.74) is 3.65. The summed E-state index contributed by atoms with van der Waals surface area (Å²) >= 11 is 0. The lowest BCUT2D eigenvalue weighted by atomic mass is 10.1. The number of nitrogens with one attached hydrogen (secondary N) is 1. The van der Waals surface area contributed by atoms with E-state index in [0.717, 1.165) is 45.8 Å². The van der Waals surface area contributed by atoms with Crippen LogP contribution in [0.3, 0.4) is 0 Å². The lowest BCUT2D eigenvalue weighted by Crippen LogP contribution is -2.50. The maximum atomic E-state index is 12.8. The summed E-state index contributed by atoms with van der Waals surface area (Å²) in [6.45, 7) is 10.2. The van der Waals surface area contributed by atoms with Crippen LogP contribution in [0.1, 0.15) is 18.1 Å². The summed E-state index contributed by atoms with van der Waals surface area (Å²) in [7, 11) is 0. The van der Waals surface area contributed by atoms with Gasteiger partial charge in [0.05, 0.1) is 6.54 Å². The Hall–Kier alpha value is -3.44. The van der Waals surface area contributed by atoms with Crippen molar-refractivity contribution in [1.82, 2.24) is 24.5 Å². The summed E-state index contributed by atoms with van der Waals surface area (Å²) in [6.07, 6.45) is 1.56. The normalized spacial score (nSPS) is 17.4. The first-order valence-electron chi connectivity index (χ1n) is 11.9. The van der Waals surface area contributed by atoms with E-state index < -0.39 is 5.97 Å². The monoisotopic (exact) mass is 483 g/mol. The number of aryl methyl sites for hydroxylation is 1. The largest absolute Gasteiger partial charge is 0.480 e. The Morgan fingerprint density at radius 1 is 0.971 bits per heavy atom. The highest BCUT2D eigenvalue weighted by Crippen LogP contribution is 2.25. The van der Waals surface area contributed by atoms with E-state index in [4.69, 9.17) is 5.11 Å². The molecule has 2 aliphatic heterocycles. The molecule has 0 bridgehead atoms. The molecule has 11 heteroatoms. The number of aliphatic carboxylic acids is 1. The predicted molar refractivity (Wildman–Crippen MR) is 132 cm³/mol. The number of amides is 2. The van der Waals surface area contributed by atoms with Crippen LogP contribution < -0.4 is 10.2 Å². The molecule has 3 heterocycles. The number of hydrogen-bond acceptors (Lipinski definition) is 7. The van der Waals surface area contributed by atoms with Gasteiger partial charge in [-0.3, -0.25) is 19.4 Å². The second-order valence-corrected chi connectivity index (χ2v) is 9.16. The molecule has 4 rings (SSSR count). The Balaban J connectivity index is 1.34. The Morgan fingerprint density at radius 3 is 2.31 bits per heavy atom. The van der Waals surface area contributed by atoms with E-state index in [0.29, 0.717) is 18.9 Å². The molecule has 2 amide bonds. The summed E-state index contributed by atoms with van der Waals surface area (Å²) in [5, 5.41) is 15.8. The van der Waals surface area contributed by atoms with Gasteiger partial charge in [0.1, 0.15) is 0 Å². The molecule has 2 saturated heterocycles. The quantitative estimate of drug-likeness (QED) is 0.629. The molecule has 35 heavy (non-hydrogen) atoms. The van der Waals surface area contributed by atoms with Crippen LogP contribution in [0, 0.1) is 6.92 Å². The van der Waals surface area contributed by atoms with Crippen molar-refractivity contribution in [3.63, 3.8) is 0 Å². The van der Waals surface area contributed by atoms with Crippen molar-refractivity contribution in [2.45, 2.75) is 20.4 Å². The minimum Gasteiger partial charge on any atom is -0.480 e. The number of piperazine rings is 2. The van der Waals surface area contributed by atoms with Gasteiger partial charge in [0.25, 0.3) is 0 Å². The van der Waals surface area contributed by atoms with Crippen LogP contribution >= 0.6 is 0 Å². The fraction of sp³-hybridized carbons (Fsp3) is 0.500. The van der Waals surface area contributed by atoms with Gasteiger partial charge in [-0.1, -0.05) is 12.1 Å². The summed E-state index contributed by atoms with van der Waals surface area (Å²) in [6, 6.07) is 7.93. The van der Waals surface area contributed by atoms with Gasteiger partial charge < -0.3 is 20.2 Å². The maximum absolute atomic E-state index is 12.8. The first kappa shape index (κ1) is 24.7. The molecule has 188 valence electrons. The summed E-state index contributed by atoms with van der Waals surface area (Å²) < 4.78 is 1.27. The van der Waals surface area contributed by atoms with Crippen molar-refractivity contribution < 1.29 is 19.5 Å². The number of carboxylic acids is 1. The summed E-state index contributed by atoms with van der Waals surface area (Å²) in [5.74, 6) is -0.651. The minimum absolute atomic E-state index is 0.0879. The third kappa shape index (κ3) is 6.37. The van der Waals surface area contributed by atoms with E-state index in [1.807, 2.05) is 4.90 Å². The zero-order valence-electron chi connectivity index (χ0n) is 20.3. The van der Waals surface area contributed by atoms with Crippen molar-refractivity contribution in [3.8, 4) is 0 Å². The van der Waals surface area contributed by atoms with Gasteiger partial charge in [-0.2, -0.15) is 4.68 Å². The lowest BCUT2D eigenvalue weighted by Gasteiger charge is -2.38. The highest BCUT2D eigenvalue weighted by atomic mass is 16.4. The highest BCUT2D eigenvalue weighted by Gasteiger charge is 2.25. The predicted octanol–water partition coefficient (Wildman–Crippen LogP) is 1.14. The third-order valence-corrected chi connectivity index (χ3v) is 6.44. The van der Waals surface area contributed by atoms with Crippen molar-refractivity contribution in [1.29, 1.82) is 0 Å². The van der Waals surface area contributed by atoms with Crippen molar-refractivity contribution in [3.05, 3.63) is 41.6 Å². The number of carboxylic acid groups (broad SMARTS) is 1. The van der Waals surface area contributed by atoms with Crippen LogP contribution in [0.2, 0.25) is 0 Å². The van der Waals surface area contributed by atoms with Crippen LogP contribution in [0.25, 0.3) is 0 Å².